The average molecular weight is 280 g/mol. The van der Waals surface area contributed by atoms with Gasteiger partial charge in [-0.15, -0.1) is 0 Å². The Bertz CT molecular complexity index is 368. The lowest BCUT2D eigenvalue weighted by atomic mass is 9.87. The minimum Gasteiger partial charge on any atom is -0.309 e. The second kappa shape index (κ2) is 8.40. The molecule has 20 heavy (non-hydrogen) atoms. The van der Waals surface area contributed by atoms with Gasteiger partial charge in [-0.05, 0) is 17.8 Å². The first-order valence-electron chi connectivity index (χ1n) is 8.02. The lowest BCUT2D eigenvalue weighted by Crippen LogP contribution is -2.30. The van der Waals surface area contributed by atoms with Crippen LogP contribution in [-0.2, 0) is 13.1 Å². The largest absolute Gasteiger partial charge is 0.309 e. The number of hydrogen-bond donors (Lipinski definition) is 1. The van der Waals surface area contributed by atoms with Crippen molar-refractivity contribution in [3.8, 4) is 0 Å². The molecule has 1 aromatic rings. The average Bonchev–Trinajstić information content (AvgIpc) is 2.76. The number of nitrogens with one attached hydrogen (secondary N) is 1. The van der Waals surface area contributed by atoms with Crippen LogP contribution < -0.4 is 5.32 Å². The minimum absolute atomic E-state index is 0.359. The van der Waals surface area contributed by atoms with Gasteiger partial charge in [0.1, 0.15) is 12.2 Å². The highest BCUT2D eigenvalue weighted by molar-refractivity contribution is 4.85. The molecule has 0 spiro atoms. The smallest absolute Gasteiger partial charge is 0.140 e. The molecule has 1 heterocycles. The van der Waals surface area contributed by atoms with Crippen molar-refractivity contribution in [2.45, 2.75) is 73.4 Å². The first-order chi connectivity index (χ1) is 9.44. The van der Waals surface area contributed by atoms with Gasteiger partial charge in [0.2, 0.25) is 0 Å². The van der Waals surface area contributed by atoms with Gasteiger partial charge in [0.15, 0.2) is 0 Å². The third kappa shape index (κ3) is 6.51. The van der Waals surface area contributed by atoms with E-state index in [9.17, 15) is 0 Å². The van der Waals surface area contributed by atoms with E-state index < -0.39 is 0 Å². The van der Waals surface area contributed by atoms with E-state index in [-0.39, 0.29) is 0 Å². The minimum atomic E-state index is 0.359. The molecule has 0 aliphatic rings. The maximum Gasteiger partial charge on any atom is 0.140 e. The van der Waals surface area contributed by atoms with E-state index in [1.807, 2.05) is 4.68 Å². The number of rotatable bonds is 10. The first kappa shape index (κ1) is 17.2. The van der Waals surface area contributed by atoms with Crippen molar-refractivity contribution in [3.05, 3.63) is 12.2 Å². The molecule has 0 amide bonds. The predicted octanol–water partition coefficient (Wildman–Crippen LogP) is 3.63. The van der Waals surface area contributed by atoms with Gasteiger partial charge in [0, 0.05) is 13.1 Å². The van der Waals surface area contributed by atoms with Crippen LogP contribution in [0.2, 0.25) is 0 Å². The third-order valence-corrected chi connectivity index (χ3v) is 3.58. The zero-order valence-corrected chi connectivity index (χ0v) is 13.9. The third-order valence-electron chi connectivity index (χ3n) is 3.58. The summed E-state index contributed by atoms with van der Waals surface area (Å²) in [6, 6.07) is 0. The van der Waals surface area contributed by atoms with Crippen molar-refractivity contribution < 1.29 is 0 Å². The van der Waals surface area contributed by atoms with E-state index in [1.165, 1.54) is 25.7 Å². The molecule has 4 nitrogen and oxygen atoms in total. The van der Waals surface area contributed by atoms with Crippen LogP contribution >= 0.6 is 0 Å². The van der Waals surface area contributed by atoms with E-state index >= 15 is 0 Å². The van der Waals surface area contributed by atoms with E-state index in [1.54, 1.807) is 6.33 Å². The normalized spacial score (nSPS) is 12.3. The van der Waals surface area contributed by atoms with Crippen molar-refractivity contribution in [3.63, 3.8) is 0 Å². The summed E-state index contributed by atoms with van der Waals surface area (Å²) in [5.41, 5.74) is 0.359. The number of unbranched alkanes of at least 4 members (excludes halogenated alkanes) is 2. The maximum absolute atomic E-state index is 4.35. The fraction of sp³-hybridized carbons (Fsp3) is 0.875. The molecule has 116 valence electrons. The molecular formula is C16H32N4. The van der Waals surface area contributed by atoms with Crippen LogP contribution in [0.4, 0.5) is 0 Å². The van der Waals surface area contributed by atoms with Gasteiger partial charge in [-0.1, -0.05) is 53.9 Å². The topological polar surface area (TPSA) is 42.7 Å². The summed E-state index contributed by atoms with van der Waals surface area (Å²) in [5.74, 6) is 1.64. The number of hydrogen-bond acceptors (Lipinski definition) is 3. The van der Waals surface area contributed by atoms with Crippen LogP contribution in [0.25, 0.3) is 0 Å². The summed E-state index contributed by atoms with van der Waals surface area (Å²) >= 11 is 0. The molecule has 0 saturated heterocycles. The second-order valence-electron chi connectivity index (χ2n) is 6.98. The molecule has 0 fully saturated rings. The Labute approximate surface area is 124 Å². The number of aromatic nitrogens is 3. The van der Waals surface area contributed by atoms with Crippen molar-refractivity contribution in [1.82, 2.24) is 20.1 Å². The Balaban J connectivity index is 2.34. The summed E-state index contributed by atoms with van der Waals surface area (Å²) in [5, 5.41) is 7.84. The van der Waals surface area contributed by atoms with Gasteiger partial charge in [-0.25, -0.2) is 9.67 Å². The van der Waals surface area contributed by atoms with Gasteiger partial charge >= 0.3 is 0 Å². The van der Waals surface area contributed by atoms with Crippen molar-refractivity contribution >= 4 is 0 Å². The Morgan fingerprint density at radius 3 is 2.70 bits per heavy atom. The summed E-state index contributed by atoms with van der Waals surface area (Å²) in [4.78, 5) is 4.35. The Morgan fingerprint density at radius 1 is 1.30 bits per heavy atom. The fourth-order valence-corrected chi connectivity index (χ4v) is 2.38. The molecule has 0 aliphatic carbocycles. The van der Waals surface area contributed by atoms with Crippen molar-refractivity contribution in [2.75, 3.05) is 6.54 Å². The highest BCUT2D eigenvalue weighted by atomic mass is 15.3. The van der Waals surface area contributed by atoms with Crippen LogP contribution in [-0.4, -0.2) is 21.3 Å². The second-order valence-corrected chi connectivity index (χ2v) is 6.98. The molecule has 0 atom stereocenters. The van der Waals surface area contributed by atoms with Gasteiger partial charge in [-0.3, -0.25) is 0 Å². The molecule has 0 aliphatic heterocycles. The molecule has 1 N–H and O–H groups in total. The highest BCUT2D eigenvalue weighted by Crippen LogP contribution is 2.22. The van der Waals surface area contributed by atoms with Gasteiger partial charge in [-0.2, -0.15) is 5.10 Å². The highest BCUT2D eigenvalue weighted by Gasteiger charge is 2.17. The Kier molecular flexibility index (Phi) is 7.20. The van der Waals surface area contributed by atoms with Crippen LogP contribution in [0.15, 0.2) is 6.33 Å². The fourth-order valence-electron chi connectivity index (χ4n) is 2.38. The molecule has 1 rings (SSSR count). The van der Waals surface area contributed by atoms with Crippen LogP contribution in [0.5, 0.6) is 0 Å². The van der Waals surface area contributed by atoms with Crippen molar-refractivity contribution in [2.24, 2.45) is 11.3 Å². The van der Waals surface area contributed by atoms with E-state index in [0.29, 0.717) is 11.3 Å². The maximum atomic E-state index is 4.35. The molecular weight excluding hydrogens is 248 g/mol. The zero-order valence-electron chi connectivity index (χ0n) is 13.9. The molecule has 1 aromatic heterocycles. The monoisotopic (exact) mass is 280 g/mol. The summed E-state index contributed by atoms with van der Waals surface area (Å²) in [6.07, 6.45) is 6.90. The van der Waals surface area contributed by atoms with Crippen LogP contribution in [0, 0.1) is 11.3 Å². The van der Waals surface area contributed by atoms with Gasteiger partial charge in [0.05, 0.1) is 6.54 Å². The van der Waals surface area contributed by atoms with E-state index in [4.69, 9.17) is 0 Å². The summed E-state index contributed by atoms with van der Waals surface area (Å²) in [6.45, 7) is 14.1. The summed E-state index contributed by atoms with van der Waals surface area (Å²) < 4.78 is 2.02. The van der Waals surface area contributed by atoms with E-state index in [2.05, 4.69) is 50.0 Å². The Morgan fingerprint density at radius 2 is 2.05 bits per heavy atom. The molecule has 4 heteroatoms. The molecule has 0 unspecified atom stereocenters. The van der Waals surface area contributed by atoms with E-state index in [0.717, 1.165) is 25.5 Å². The van der Waals surface area contributed by atoms with Crippen LogP contribution in [0.3, 0.4) is 0 Å². The lowest BCUT2D eigenvalue weighted by Gasteiger charge is -2.25. The van der Waals surface area contributed by atoms with Crippen molar-refractivity contribution in [1.29, 1.82) is 0 Å². The quantitative estimate of drug-likeness (QED) is 0.666. The lowest BCUT2D eigenvalue weighted by molar-refractivity contribution is 0.299. The predicted molar refractivity (Wildman–Crippen MR) is 84.5 cm³/mol. The molecule has 0 bridgehead atoms. The Hall–Kier alpha value is -0.900. The molecule has 0 radical (unpaired) electrons. The first-order valence-corrected chi connectivity index (χ1v) is 8.02. The van der Waals surface area contributed by atoms with Crippen LogP contribution in [0.1, 0.15) is 66.1 Å². The van der Waals surface area contributed by atoms with Gasteiger partial charge in [0.25, 0.3) is 0 Å². The zero-order chi connectivity index (χ0) is 15.0. The molecule has 0 aromatic carbocycles. The standard InChI is InChI=1S/C16H32N4/c1-6-7-8-9-16(4,5)12-17-10-15-18-13-19-20(15)11-14(2)3/h13-14,17H,6-12H2,1-5H3. The SMILES string of the molecule is CCCCCC(C)(C)CNCc1ncnn1CC(C)C. The number of nitrogens with zero attached hydrogens (tertiary/aromatic N) is 3. The van der Waals surface area contributed by atoms with Gasteiger partial charge < -0.3 is 5.32 Å². The summed E-state index contributed by atoms with van der Waals surface area (Å²) in [7, 11) is 0. The molecule has 0 saturated carbocycles.